The molecule has 0 fully saturated rings. The highest BCUT2D eigenvalue weighted by molar-refractivity contribution is 5.90. The van der Waals surface area contributed by atoms with Gasteiger partial charge in [0.2, 0.25) is 5.91 Å². The smallest absolute Gasteiger partial charge is 0.328 e. The average Bonchev–Trinajstić information content (AvgIpc) is 2.97. The molecule has 0 spiro atoms. The lowest BCUT2D eigenvalue weighted by Crippen LogP contribution is -2.15. The summed E-state index contributed by atoms with van der Waals surface area (Å²) >= 11 is 0. The van der Waals surface area contributed by atoms with E-state index in [0.717, 1.165) is 6.08 Å². The second kappa shape index (κ2) is 6.99. The van der Waals surface area contributed by atoms with Crippen LogP contribution in [0.1, 0.15) is 12.1 Å². The fraction of sp³-hybridized carbons (Fsp3) is 0.143. The molecule has 0 aliphatic rings. The lowest BCUT2D eigenvalue weighted by molar-refractivity contribution is -0.131. The molecule has 1 amide bonds. The van der Waals surface area contributed by atoms with Gasteiger partial charge < -0.3 is 15.0 Å². The van der Waals surface area contributed by atoms with Crippen molar-refractivity contribution in [2.75, 3.05) is 5.32 Å². The third kappa shape index (κ3) is 4.90. The van der Waals surface area contributed by atoms with Crippen LogP contribution in [0.3, 0.4) is 0 Å². The molecule has 2 rings (SSSR count). The van der Waals surface area contributed by atoms with E-state index in [0.29, 0.717) is 24.5 Å². The zero-order chi connectivity index (χ0) is 15.1. The van der Waals surface area contributed by atoms with Crippen molar-refractivity contribution in [2.45, 2.75) is 13.0 Å². The first-order valence-electron chi connectivity index (χ1n) is 6.27. The highest BCUT2D eigenvalue weighted by atomic mass is 16.4. The van der Waals surface area contributed by atoms with Crippen molar-refractivity contribution < 1.29 is 14.7 Å². The lowest BCUT2D eigenvalue weighted by atomic mass is 10.3. The first-order valence-corrected chi connectivity index (χ1v) is 6.27. The minimum Gasteiger partial charge on any atom is -0.478 e. The van der Waals surface area contributed by atoms with Gasteiger partial charge in [-0.05, 0) is 18.2 Å². The molecule has 0 saturated carbocycles. The molecule has 0 radical (unpaired) electrons. The van der Waals surface area contributed by atoms with Crippen LogP contribution in [0.4, 0.5) is 5.82 Å². The molecule has 21 heavy (non-hydrogen) atoms. The Hall–Kier alpha value is -2.96. The Morgan fingerprint density at radius 3 is 2.95 bits per heavy atom. The predicted molar refractivity (Wildman–Crippen MR) is 76.4 cm³/mol. The van der Waals surface area contributed by atoms with Crippen molar-refractivity contribution in [1.29, 1.82) is 0 Å². The number of imidazole rings is 1. The number of rotatable bonds is 6. The molecule has 7 heteroatoms. The van der Waals surface area contributed by atoms with Crippen LogP contribution in [0.15, 0.2) is 43.0 Å². The number of pyridine rings is 1. The van der Waals surface area contributed by atoms with Crippen LogP contribution < -0.4 is 5.32 Å². The van der Waals surface area contributed by atoms with Gasteiger partial charge in [0.25, 0.3) is 0 Å². The molecular weight excluding hydrogens is 272 g/mol. The summed E-state index contributed by atoms with van der Waals surface area (Å²) in [5, 5.41) is 11.2. The van der Waals surface area contributed by atoms with Gasteiger partial charge in [0.05, 0.1) is 12.0 Å². The Bertz CT molecular complexity index is 650. The van der Waals surface area contributed by atoms with Gasteiger partial charge in [0.15, 0.2) is 0 Å². The average molecular weight is 286 g/mol. The molecule has 2 N–H and O–H groups in total. The number of carboxylic acids is 1. The van der Waals surface area contributed by atoms with Gasteiger partial charge in [-0.25, -0.2) is 14.8 Å². The summed E-state index contributed by atoms with van der Waals surface area (Å²) in [5.74, 6) is -0.833. The minimum absolute atomic E-state index is 0.171. The summed E-state index contributed by atoms with van der Waals surface area (Å²) in [4.78, 5) is 30.3. The Labute approximate surface area is 121 Å². The van der Waals surface area contributed by atoms with E-state index in [1.165, 1.54) is 6.08 Å². The van der Waals surface area contributed by atoms with E-state index in [-0.39, 0.29) is 5.91 Å². The number of hydrogen-bond donors (Lipinski definition) is 2. The Morgan fingerprint density at radius 2 is 2.24 bits per heavy atom. The molecule has 0 unspecified atom stereocenters. The summed E-state index contributed by atoms with van der Waals surface area (Å²) in [6, 6.07) is 4.99. The van der Waals surface area contributed by atoms with E-state index in [9.17, 15) is 9.59 Å². The van der Waals surface area contributed by atoms with Crippen molar-refractivity contribution >= 4 is 23.8 Å². The maximum atomic E-state index is 11.8. The van der Waals surface area contributed by atoms with Gasteiger partial charge in [-0.3, -0.25) is 4.79 Å². The van der Waals surface area contributed by atoms with Crippen molar-refractivity contribution in [3.05, 3.63) is 48.7 Å². The van der Waals surface area contributed by atoms with Gasteiger partial charge in [-0.2, -0.15) is 0 Å². The fourth-order valence-corrected chi connectivity index (χ4v) is 1.63. The number of aliphatic carboxylic acids is 1. The van der Waals surface area contributed by atoms with Crippen LogP contribution in [0.2, 0.25) is 0 Å². The number of carbonyl (C=O) groups is 2. The van der Waals surface area contributed by atoms with E-state index in [1.807, 2.05) is 0 Å². The number of hydrogen-bond acceptors (Lipinski definition) is 4. The highest BCUT2D eigenvalue weighted by Crippen LogP contribution is 2.07. The molecule has 0 atom stereocenters. The molecular formula is C14H14N4O3. The molecule has 7 nitrogen and oxygen atoms in total. The monoisotopic (exact) mass is 286 g/mol. The highest BCUT2D eigenvalue weighted by Gasteiger charge is 2.04. The third-order valence-corrected chi connectivity index (χ3v) is 2.59. The predicted octanol–water partition coefficient (Wildman–Crippen LogP) is 1.40. The zero-order valence-electron chi connectivity index (χ0n) is 11.1. The van der Waals surface area contributed by atoms with Crippen LogP contribution in [0, 0.1) is 0 Å². The molecule has 0 saturated heterocycles. The Morgan fingerprint density at radius 1 is 1.38 bits per heavy atom. The summed E-state index contributed by atoms with van der Waals surface area (Å²) in [6.45, 7) is 0.532. The number of carbonyl (C=O) groups excluding carboxylic acids is 1. The molecule has 2 aromatic rings. The first kappa shape index (κ1) is 14.4. The molecule has 2 heterocycles. The zero-order valence-corrected chi connectivity index (χ0v) is 11.1. The summed E-state index contributed by atoms with van der Waals surface area (Å²) < 4.78 is 1.80. The number of anilines is 1. The maximum absolute atomic E-state index is 11.8. The van der Waals surface area contributed by atoms with Crippen LogP contribution in [-0.4, -0.2) is 31.5 Å². The van der Waals surface area contributed by atoms with Crippen molar-refractivity contribution in [3.8, 4) is 0 Å². The largest absolute Gasteiger partial charge is 0.478 e. The van der Waals surface area contributed by atoms with Crippen LogP contribution >= 0.6 is 0 Å². The molecule has 108 valence electrons. The third-order valence-electron chi connectivity index (χ3n) is 2.59. The fourth-order valence-electron chi connectivity index (χ4n) is 1.63. The summed E-state index contributed by atoms with van der Waals surface area (Å²) in [7, 11) is 0. The molecule has 0 aliphatic carbocycles. The van der Waals surface area contributed by atoms with Crippen LogP contribution in [0.25, 0.3) is 6.08 Å². The van der Waals surface area contributed by atoms with Gasteiger partial charge >= 0.3 is 5.97 Å². The number of carboxylic acid groups (broad SMARTS) is 1. The number of amides is 1. The minimum atomic E-state index is -1.05. The van der Waals surface area contributed by atoms with Gasteiger partial charge in [-0.1, -0.05) is 6.07 Å². The van der Waals surface area contributed by atoms with Crippen molar-refractivity contribution in [1.82, 2.24) is 14.5 Å². The lowest BCUT2D eigenvalue weighted by Gasteiger charge is -2.05. The van der Waals surface area contributed by atoms with Gasteiger partial charge in [-0.15, -0.1) is 0 Å². The van der Waals surface area contributed by atoms with Crippen LogP contribution in [0.5, 0.6) is 0 Å². The van der Waals surface area contributed by atoms with Crippen molar-refractivity contribution in [3.63, 3.8) is 0 Å². The first-order chi connectivity index (χ1) is 10.1. The van der Waals surface area contributed by atoms with E-state index < -0.39 is 5.97 Å². The van der Waals surface area contributed by atoms with E-state index >= 15 is 0 Å². The standard InChI is InChI=1S/C14H14N4O3/c19-13(6-8-18-9-7-15-10-18)17-12-3-1-2-11(16-12)4-5-14(20)21/h1-5,7,9-10H,6,8H2,(H,20,21)(H,16,17,19). The molecule has 2 aromatic heterocycles. The van der Waals surface area contributed by atoms with E-state index in [1.54, 1.807) is 41.5 Å². The number of nitrogens with zero attached hydrogens (tertiary/aromatic N) is 3. The number of aryl methyl sites for hydroxylation is 1. The molecule has 0 aromatic carbocycles. The topological polar surface area (TPSA) is 97.1 Å². The van der Waals surface area contributed by atoms with E-state index in [4.69, 9.17) is 5.11 Å². The van der Waals surface area contributed by atoms with Crippen LogP contribution in [-0.2, 0) is 16.1 Å². The van der Waals surface area contributed by atoms with Gasteiger partial charge in [0, 0.05) is 31.4 Å². The van der Waals surface area contributed by atoms with Gasteiger partial charge in [0.1, 0.15) is 5.82 Å². The Balaban J connectivity index is 1.91. The second-order valence-corrected chi connectivity index (χ2v) is 4.22. The van der Waals surface area contributed by atoms with E-state index in [2.05, 4.69) is 15.3 Å². The SMILES string of the molecule is O=C(O)C=Cc1cccc(NC(=O)CCn2ccnc2)n1. The number of aromatic nitrogens is 3. The maximum Gasteiger partial charge on any atom is 0.328 e. The summed E-state index contributed by atoms with van der Waals surface area (Å²) in [5.41, 5.74) is 0.463. The van der Waals surface area contributed by atoms with Crippen molar-refractivity contribution in [2.24, 2.45) is 0 Å². The normalized spacial score (nSPS) is 10.7. The molecule has 0 bridgehead atoms. The number of nitrogens with one attached hydrogen (secondary N) is 1. The molecule has 0 aliphatic heterocycles. The second-order valence-electron chi connectivity index (χ2n) is 4.22. The quantitative estimate of drug-likeness (QED) is 0.782. The summed E-state index contributed by atoms with van der Waals surface area (Å²) in [6.07, 6.45) is 7.73. The Kier molecular flexibility index (Phi) is 4.81.